The van der Waals surface area contributed by atoms with E-state index in [2.05, 4.69) is 50.3 Å². The Bertz CT molecular complexity index is 1080. The molecule has 0 aliphatic carbocycles. The van der Waals surface area contributed by atoms with Gasteiger partial charge in [0.25, 0.3) is 0 Å². The van der Waals surface area contributed by atoms with Gasteiger partial charge in [0, 0.05) is 22.1 Å². The Kier molecular flexibility index (Phi) is 6.20. The molecule has 5 heterocycles. The van der Waals surface area contributed by atoms with Crippen molar-refractivity contribution in [1.29, 1.82) is 0 Å². The van der Waals surface area contributed by atoms with Gasteiger partial charge in [-0.1, -0.05) is 0 Å². The quantitative estimate of drug-likeness (QED) is 0.335. The third kappa shape index (κ3) is 4.27. The van der Waals surface area contributed by atoms with Gasteiger partial charge >= 0.3 is 16.8 Å². The summed E-state index contributed by atoms with van der Waals surface area (Å²) in [6.07, 6.45) is 8.05. The molecule has 5 rings (SSSR count). The summed E-state index contributed by atoms with van der Waals surface area (Å²) >= 11 is 0. The van der Waals surface area contributed by atoms with E-state index in [0.717, 1.165) is 44.8 Å². The number of H-pyrrole nitrogens is 2. The zero-order valence-corrected chi connectivity index (χ0v) is 16.2. The van der Waals surface area contributed by atoms with Crippen LogP contribution in [0.1, 0.15) is 22.8 Å². The van der Waals surface area contributed by atoms with E-state index in [4.69, 9.17) is 0 Å². The summed E-state index contributed by atoms with van der Waals surface area (Å²) in [6.45, 7) is 0. The Balaban J connectivity index is 0.000000871. The smallest absolute Gasteiger partial charge is 0.358 e. The molecule has 0 saturated heterocycles. The van der Waals surface area contributed by atoms with Gasteiger partial charge in [-0.3, -0.25) is 0 Å². The average molecular weight is 399 g/mol. The molecule has 2 N–H and O–H groups in total. The molecule has 5 heteroatoms. The van der Waals surface area contributed by atoms with E-state index in [1.165, 1.54) is 0 Å². The maximum absolute atomic E-state index is 4.62. The standard InChI is InChI=1S/C20H14N4.2CH3.Co/c1-2-14-10-16-5-6-18(23-16)12-20-8-7-19(24-20)11-17-4-3-15(22-17)9-13(1)21-14;;;/h1-12,21-22H;2*1H3;/q;2*-1;+2. The van der Waals surface area contributed by atoms with Gasteiger partial charge in [0.05, 0.1) is 22.8 Å². The summed E-state index contributed by atoms with van der Waals surface area (Å²) in [4.78, 5) is 16.0. The van der Waals surface area contributed by atoms with Gasteiger partial charge in [0.15, 0.2) is 0 Å². The van der Waals surface area contributed by atoms with E-state index in [0.29, 0.717) is 0 Å². The predicted molar refractivity (Wildman–Crippen MR) is 112 cm³/mol. The zero-order chi connectivity index (χ0) is 15.9. The van der Waals surface area contributed by atoms with Gasteiger partial charge in [-0.05, 0) is 72.8 Å². The van der Waals surface area contributed by atoms with Crippen molar-refractivity contribution >= 4 is 46.4 Å². The van der Waals surface area contributed by atoms with Crippen LogP contribution in [-0.2, 0) is 16.8 Å². The van der Waals surface area contributed by atoms with Crippen molar-refractivity contribution in [3.8, 4) is 0 Å². The number of rotatable bonds is 0. The second-order valence-corrected chi connectivity index (χ2v) is 5.91. The molecular formula is C22H20CoN4. The molecule has 0 aromatic carbocycles. The molecule has 1 radical (unpaired) electrons. The van der Waals surface area contributed by atoms with Crippen LogP contribution in [0.25, 0.3) is 46.4 Å². The summed E-state index contributed by atoms with van der Waals surface area (Å²) in [5, 5.41) is 0. The number of nitrogens with one attached hydrogen (secondary N) is 2. The third-order valence-corrected chi connectivity index (χ3v) is 4.04. The van der Waals surface area contributed by atoms with Crippen LogP contribution < -0.4 is 0 Å². The number of hydrogen-bond acceptors (Lipinski definition) is 2. The van der Waals surface area contributed by atoms with Crippen LogP contribution in [0.4, 0.5) is 0 Å². The number of hydrogen-bond donors (Lipinski definition) is 2. The van der Waals surface area contributed by atoms with E-state index in [1.54, 1.807) is 0 Å². The van der Waals surface area contributed by atoms with Gasteiger partial charge in [0.1, 0.15) is 0 Å². The number of aromatic nitrogens is 4. The summed E-state index contributed by atoms with van der Waals surface area (Å²) in [6, 6.07) is 16.4. The SMILES string of the molecule is C1=Cc2cc3ccc(cc4ccc(cc5nc(cc1n2)C=C5)[nH]4)[nH]3.[CH3-].[CH3-].[Co+2]. The van der Waals surface area contributed by atoms with E-state index in [1.807, 2.05) is 42.5 Å². The Hall–Kier alpha value is -2.89. The fourth-order valence-corrected chi connectivity index (χ4v) is 2.94. The van der Waals surface area contributed by atoms with Crippen LogP contribution in [0.15, 0.2) is 48.5 Å². The number of nitrogens with zero attached hydrogens (tertiary/aromatic N) is 2. The second kappa shape index (κ2) is 8.20. The molecule has 2 aliphatic rings. The molecule has 0 fully saturated rings. The molecule has 2 aliphatic heterocycles. The second-order valence-electron chi connectivity index (χ2n) is 5.91. The molecule has 4 nitrogen and oxygen atoms in total. The van der Waals surface area contributed by atoms with Crippen LogP contribution in [0, 0.1) is 14.9 Å². The van der Waals surface area contributed by atoms with E-state index >= 15 is 0 Å². The van der Waals surface area contributed by atoms with E-state index in [9.17, 15) is 0 Å². The van der Waals surface area contributed by atoms with Crippen molar-refractivity contribution in [1.82, 2.24) is 19.9 Å². The predicted octanol–water partition coefficient (Wildman–Crippen LogP) is 5.55. The van der Waals surface area contributed by atoms with Crippen LogP contribution >= 0.6 is 0 Å². The first-order valence-corrected chi connectivity index (χ1v) is 7.85. The Morgan fingerprint density at radius 3 is 1.22 bits per heavy atom. The minimum Gasteiger partial charge on any atom is -0.358 e. The molecule has 0 amide bonds. The number of aromatic amines is 2. The molecule has 0 unspecified atom stereocenters. The molecule has 0 saturated carbocycles. The molecule has 8 bridgehead atoms. The molecule has 0 spiro atoms. The van der Waals surface area contributed by atoms with Crippen LogP contribution in [0.5, 0.6) is 0 Å². The van der Waals surface area contributed by atoms with Crippen LogP contribution in [0.3, 0.4) is 0 Å². The zero-order valence-electron chi connectivity index (χ0n) is 15.2. The Morgan fingerprint density at radius 1 is 0.481 bits per heavy atom. The Labute approximate surface area is 169 Å². The van der Waals surface area contributed by atoms with E-state index in [-0.39, 0.29) is 31.6 Å². The summed E-state index contributed by atoms with van der Waals surface area (Å²) in [5.74, 6) is 0. The number of fused-ring (bicyclic) bond motifs is 8. The topological polar surface area (TPSA) is 57.4 Å². The first-order chi connectivity index (χ1) is 11.8. The molecule has 0 atom stereocenters. The van der Waals surface area contributed by atoms with E-state index < -0.39 is 0 Å². The van der Waals surface area contributed by atoms with Crippen molar-refractivity contribution in [2.24, 2.45) is 0 Å². The molecule has 3 aromatic rings. The minimum atomic E-state index is 0. The van der Waals surface area contributed by atoms with Crippen molar-refractivity contribution in [3.63, 3.8) is 0 Å². The summed E-state index contributed by atoms with van der Waals surface area (Å²) in [5.41, 5.74) is 7.86. The van der Waals surface area contributed by atoms with Gasteiger partial charge in [-0.25, -0.2) is 9.97 Å². The largest absolute Gasteiger partial charge is 2.00 e. The normalized spacial score (nSPS) is 11.3. The molecule has 137 valence electrons. The summed E-state index contributed by atoms with van der Waals surface area (Å²) in [7, 11) is 0. The molecule has 27 heavy (non-hydrogen) atoms. The first kappa shape index (κ1) is 20.4. The Morgan fingerprint density at radius 2 is 0.815 bits per heavy atom. The van der Waals surface area contributed by atoms with Crippen molar-refractivity contribution in [2.45, 2.75) is 0 Å². The monoisotopic (exact) mass is 399 g/mol. The van der Waals surface area contributed by atoms with Crippen molar-refractivity contribution in [2.75, 3.05) is 0 Å². The van der Waals surface area contributed by atoms with Gasteiger partial charge in [-0.15, -0.1) is 0 Å². The minimum absolute atomic E-state index is 0. The molecular weight excluding hydrogens is 379 g/mol. The summed E-state index contributed by atoms with van der Waals surface area (Å²) < 4.78 is 0. The van der Waals surface area contributed by atoms with Gasteiger partial charge < -0.3 is 24.8 Å². The fourth-order valence-electron chi connectivity index (χ4n) is 2.94. The van der Waals surface area contributed by atoms with Crippen LogP contribution in [-0.4, -0.2) is 19.9 Å². The van der Waals surface area contributed by atoms with Gasteiger partial charge in [-0.2, -0.15) is 0 Å². The fraction of sp³-hybridized carbons (Fsp3) is 0. The molecule has 3 aromatic heterocycles. The first-order valence-electron chi connectivity index (χ1n) is 7.85. The maximum Gasteiger partial charge on any atom is 2.00 e. The van der Waals surface area contributed by atoms with Gasteiger partial charge in [0.2, 0.25) is 0 Å². The average Bonchev–Trinajstić information content (AvgIpc) is 3.32. The van der Waals surface area contributed by atoms with Crippen molar-refractivity contribution < 1.29 is 16.8 Å². The van der Waals surface area contributed by atoms with Crippen molar-refractivity contribution in [3.05, 3.63) is 86.2 Å². The third-order valence-electron chi connectivity index (χ3n) is 4.04. The van der Waals surface area contributed by atoms with Crippen LogP contribution in [0.2, 0.25) is 0 Å². The maximum atomic E-state index is 4.62.